The van der Waals surface area contributed by atoms with Crippen LogP contribution in [0.3, 0.4) is 0 Å². The Balaban J connectivity index is 1.83. The van der Waals surface area contributed by atoms with Gasteiger partial charge in [-0.1, -0.05) is 0 Å². The third-order valence-corrected chi connectivity index (χ3v) is 3.41. The van der Waals surface area contributed by atoms with Crippen molar-refractivity contribution in [1.29, 1.82) is 0 Å². The Labute approximate surface area is 109 Å². The number of anilines is 2. The van der Waals surface area contributed by atoms with Crippen molar-refractivity contribution < 1.29 is 9.47 Å². The molecule has 0 aromatic carbocycles. The van der Waals surface area contributed by atoms with E-state index in [1.54, 1.807) is 13.3 Å². The summed E-state index contributed by atoms with van der Waals surface area (Å²) >= 11 is 0. The normalized spacial score (nSPS) is 23.0. The van der Waals surface area contributed by atoms with Gasteiger partial charge in [-0.3, -0.25) is 5.10 Å². The van der Waals surface area contributed by atoms with E-state index in [0.29, 0.717) is 31.2 Å². The van der Waals surface area contributed by atoms with E-state index in [0.717, 1.165) is 11.8 Å². The number of hydrogen-bond acceptors (Lipinski definition) is 7. The van der Waals surface area contributed by atoms with Gasteiger partial charge in [0, 0.05) is 26.7 Å². The fourth-order valence-corrected chi connectivity index (χ4v) is 2.19. The number of nitrogens with two attached hydrogens (primary N) is 1. The highest BCUT2D eigenvalue weighted by atomic mass is 16.5. The molecule has 1 aliphatic heterocycles. The van der Waals surface area contributed by atoms with E-state index in [-0.39, 0.29) is 11.5 Å². The molecule has 0 bridgehead atoms. The first-order chi connectivity index (χ1) is 9.22. The molecule has 4 N–H and O–H groups in total. The molecule has 1 saturated heterocycles. The Morgan fingerprint density at radius 1 is 1.58 bits per heavy atom. The number of hydrogen-bond donors (Lipinski definition) is 3. The van der Waals surface area contributed by atoms with Gasteiger partial charge in [0.2, 0.25) is 5.95 Å². The van der Waals surface area contributed by atoms with Gasteiger partial charge in [0.15, 0.2) is 5.65 Å². The van der Waals surface area contributed by atoms with Crippen LogP contribution in [0, 0.1) is 0 Å². The number of ether oxygens (including phenoxy) is 2. The summed E-state index contributed by atoms with van der Waals surface area (Å²) in [6.45, 7) is 1.88. The van der Waals surface area contributed by atoms with Crippen molar-refractivity contribution in [1.82, 2.24) is 20.2 Å². The number of fused-ring (bicyclic) bond motifs is 1. The monoisotopic (exact) mass is 264 g/mol. The minimum absolute atomic E-state index is 0.202. The molecule has 102 valence electrons. The number of nitrogen functional groups attached to an aromatic ring is 1. The highest BCUT2D eigenvalue weighted by Crippen LogP contribution is 2.25. The molecule has 19 heavy (non-hydrogen) atoms. The molecule has 1 aliphatic rings. The van der Waals surface area contributed by atoms with Gasteiger partial charge < -0.3 is 20.5 Å². The van der Waals surface area contributed by atoms with Crippen LogP contribution in [0.25, 0.3) is 11.0 Å². The number of methoxy groups -OCH3 is 1. The quantitative estimate of drug-likeness (QED) is 0.720. The van der Waals surface area contributed by atoms with E-state index in [2.05, 4.69) is 25.5 Å². The first-order valence-electron chi connectivity index (χ1n) is 6.06. The lowest BCUT2D eigenvalue weighted by molar-refractivity contribution is -0.00623. The van der Waals surface area contributed by atoms with E-state index >= 15 is 0 Å². The zero-order valence-electron chi connectivity index (χ0n) is 10.6. The molecule has 1 unspecified atom stereocenters. The number of H-pyrrole nitrogens is 1. The maximum Gasteiger partial charge on any atom is 0.224 e. The summed E-state index contributed by atoms with van der Waals surface area (Å²) in [5, 5.41) is 10.8. The number of nitrogens with zero attached hydrogens (tertiary/aromatic N) is 3. The van der Waals surface area contributed by atoms with Crippen molar-refractivity contribution in [3.8, 4) is 0 Å². The molecule has 0 amide bonds. The van der Waals surface area contributed by atoms with Crippen LogP contribution in [0.15, 0.2) is 6.20 Å². The van der Waals surface area contributed by atoms with Crippen LogP contribution < -0.4 is 11.1 Å². The molecular weight excluding hydrogens is 248 g/mol. The molecule has 1 atom stereocenters. The SMILES string of the molecule is COC1(CNc2nc(N)nc3[nH]ncc23)CCOC1. The van der Waals surface area contributed by atoms with Gasteiger partial charge in [-0.25, -0.2) is 0 Å². The van der Waals surface area contributed by atoms with Crippen LogP contribution in [0.4, 0.5) is 11.8 Å². The second-order valence-corrected chi connectivity index (χ2v) is 4.61. The van der Waals surface area contributed by atoms with Gasteiger partial charge >= 0.3 is 0 Å². The first-order valence-corrected chi connectivity index (χ1v) is 6.06. The topological polar surface area (TPSA) is 111 Å². The third kappa shape index (κ3) is 2.20. The van der Waals surface area contributed by atoms with Gasteiger partial charge in [-0.2, -0.15) is 15.1 Å². The Bertz CT molecular complexity index is 578. The average molecular weight is 264 g/mol. The minimum Gasteiger partial charge on any atom is -0.378 e. The molecule has 2 aromatic heterocycles. The smallest absolute Gasteiger partial charge is 0.224 e. The van der Waals surface area contributed by atoms with Gasteiger partial charge in [-0.15, -0.1) is 0 Å². The fraction of sp³-hybridized carbons (Fsp3) is 0.545. The highest BCUT2D eigenvalue weighted by Gasteiger charge is 2.35. The Kier molecular flexibility index (Phi) is 2.96. The van der Waals surface area contributed by atoms with Crippen molar-refractivity contribution in [2.75, 3.05) is 37.9 Å². The van der Waals surface area contributed by atoms with Gasteiger partial charge in [0.1, 0.15) is 11.4 Å². The van der Waals surface area contributed by atoms with E-state index in [9.17, 15) is 0 Å². The number of aromatic amines is 1. The van der Waals surface area contributed by atoms with E-state index in [1.807, 2.05) is 0 Å². The molecule has 8 nitrogen and oxygen atoms in total. The second-order valence-electron chi connectivity index (χ2n) is 4.61. The third-order valence-electron chi connectivity index (χ3n) is 3.41. The molecule has 0 radical (unpaired) electrons. The maximum absolute atomic E-state index is 5.67. The molecule has 0 spiro atoms. The van der Waals surface area contributed by atoms with Gasteiger partial charge in [0.05, 0.1) is 18.2 Å². The second kappa shape index (κ2) is 4.63. The van der Waals surface area contributed by atoms with Crippen LogP contribution in [-0.4, -0.2) is 52.6 Å². The minimum atomic E-state index is -0.310. The molecular formula is C11H16N6O2. The average Bonchev–Trinajstić information content (AvgIpc) is 3.05. The van der Waals surface area contributed by atoms with Gasteiger partial charge in [0.25, 0.3) is 0 Å². The van der Waals surface area contributed by atoms with Crippen LogP contribution in [0.2, 0.25) is 0 Å². The van der Waals surface area contributed by atoms with Gasteiger partial charge in [-0.05, 0) is 0 Å². The zero-order chi connectivity index (χ0) is 13.3. The summed E-state index contributed by atoms with van der Waals surface area (Å²) in [5.74, 6) is 0.855. The van der Waals surface area contributed by atoms with Crippen molar-refractivity contribution in [3.05, 3.63) is 6.20 Å². The van der Waals surface area contributed by atoms with Crippen molar-refractivity contribution >= 4 is 22.8 Å². The molecule has 8 heteroatoms. The fourth-order valence-electron chi connectivity index (χ4n) is 2.19. The van der Waals surface area contributed by atoms with Crippen LogP contribution >= 0.6 is 0 Å². The largest absolute Gasteiger partial charge is 0.378 e. The molecule has 2 aromatic rings. The summed E-state index contributed by atoms with van der Waals surface area (Å²) in [7, 11) is 1.69. The van der Waals surface area contributed by atoms with Crippen molar-refractivity contribution in [2.24, 2.45) is 0 Å². The lowest BCUT2D eigenvalue weighted by atomic mass is 10.0. The molecule has 3 heterocycles. The van der Waals surface area contributed by atoms with Crippen molar-refractivity contribution in [2.45, 2.75) is 12.0 Å². The highest BCUT2D eigenvalue weighted by molar-refractivity contribution is 5.86. The number of aromatic nitrogens is 4. The van der Waals surface area contributed by atoms with Crippen molar-refractivity contribution in [3.63, 3.8) is 0 Å². The lowest BCUT2D eigenvalue weighted by Crippen LogP contribution is -2.39. The molecule has 1 fully saturated rings. The predicted octanol–water partition coefficient (Wildman–Crippen LogP) is 0.152. The lowest BCUT2D eigenvalue weighted by Gasteiger charge is -2.26. The van der Waals surface area contributed by atoms with Crippen LogP contribution in [0.1, 0.15) is 6.42 Å². The standard InChI is InChI=1S/C11H16N6O2/c1-18-11(2-3-19-6-11)5-13-8-7-4-14-17-9(7)16-10(12)15-8/h4H,2-3,5-6H2,1H3,(H4,12,13,14,15,16,17). The van der Waals surface area contributed by atoms with E-state index in [1.165, 1.54) is 0 Å². The summed E-state index contributed by atoms with van der Waals surface area (Å²) in [6, 6.07) is 0. The first kappa shape index (κ1) is 12.1. The summed E-state index contributed by atoms with van der Waals surface area (Å²) in [5.41, 5.74) is 5.97. The number of rotatable bonds is 4. The van der Waals surface area contributed by atoms with E-state index in [4.69, 9.17) is 15.2 Å². The number of nitrogens with one attached hydrogen (secondary N) is 2. The zero-order valence-corrected chi connectivity index (χ0v) is 10.6. The summed E-state index contributed by atoms with van der Waals surface area (Å²) < 4.78 is 11.0. The Morgan fingerprint density at radius 2 is 2.47 bits per heavy atom. The molecule has 3 rings (SSSR count). The predicted molar refractivity (Wildman–Crippen MR) is 69.8 cm³/mol. The molecule has 0 aliphatic carbocycles. The maximum atomic E-state index is 5.67. The summed E-state index contributed by atoms with van der Waals surface area (Å²) in [6.07, 6.45) is 2.52. The summed E-state index contributed by atoms with van der Waals surface area (Å²) in [4.78, 5) is 8.27. The van der Waals surface area contributed by atoms with Crippen LogP contribution in [0.5, 0.6) is 0 Å². The Hall–Kier alpha value is -1.93. The van der Waals surface area contributed by atoms with Crippen LogP contribution in [-0.2, 0) is 9.47 Å². The molecule has 0 saturated carbocycles. The Morgan fingerprint density at radius 3 is 3.21 bits per heavy atom. The van der Waals surface area contributed by atoms with E-state index < -0.39 is 0 Å².